The van der Waals surface area contributed by atoms with Crippen LogP contribution < -0.4 is 0 Å². The lowest BCUT2D eigenvalue weighted by molar-refractivity contribution is -0.147. The second-order valence-electron chi connectivity index (χ2n) is 3.64. The van der Waals surface area contributed by atoms with Gasteiger partial charge >= 0.3 is 5.97 Å². The van der Waals surface area contributed by atoms with Gasteiger partial charge in [-0.05, 0) is 12.8 Å². The molecule has 0 radical (unpaired) electrons. The van der Waals surface area contributed by atoms with Gasteiger partial charge in [-0.25, -0.2) is 0 Å². The maximum absolute atomic E-state index is 11.6. The largest absolute Gasteiger partial charge is 0.461 e. The minimum atomic E-state index is -0.120. The Morgan fingerprint density at radius 1 is 1.33 bits per heavy atom. The molecule has 0 fully saturated rings. The summed E-state index contributed by atoms with van der Waals surface area (Å²) in [5, 5.41) is 0. The van der Waals surface area contributed by atoms with Gasteiger partial charge in [-0.2, -0.15) is 0 Å². The van der Waals surface area contributed by atoms with Crippen molar-refractivity contribution in [3.8, 4) is 0 Å². The molecule has 0 N–H and O–H groups in total. The highest BCUT2D eigenvalue weighted by molar-refractivity contribution is 5.72. The van der Waals surface area contributed by atoms with Crippen molar-refractivity contribution in [2.45, 2.75) is 39.0 Å². The summed E-state index contributed by atoms with van der Waals surface area (Å²) in [5.41, 5.74) is 0. The Morgan fingerprint density at radius 2 is 2.07 bits per heavy atom. The molecule has 15 heavy (non-hydrogen) atoms. The fourth-order valence-corrected chi connectivity index (χ4v) is 1.43. The number of hydrogen-bond donors (Lipinski definition) is 0. The predicted molar refractivity (Wildman–Crippen MR) is 63.6 cm³/mol. The molecule has 0 aliphatic rings. The van der Waals surface area contributed by atoms with Crippen molar-refractivity contribution in [2.24, 2.45) is 5.92 Å². The van der Waals surface area contributed by atoms with E-state index in [0.29, 0.717) is 13.0 Å². The van der Waals surface area contributed by atoms with Gasteiger partial charge < -0.3 is 4.74 Å². The summed E-state index contributed by atoms with van der Waals surface area (Å²) in [6, 6.07) is 0. The van der Waals surface area contributed by atoms with Crippen molar-refractivity contribution in [3.05, 3.63) is 25.3 Å². The lowest BCUT2D eigenvalue weighted by Crippen LogP contribution is -2.17. The van der Waals surface area contributed by atoms with Gasteiger partial charge in [0.2, 0.25) is 0 Å². The molecular weight excluding hydrogens is 188 g/mol. The molecule has 0 aromatic heterocycles. The molecule has 0 spiro atoms. The molecule has 1 atom stereocenters. The zero-order valence-electron chi connectivity index (χ0n) is 9.71. The van der Waals surface area contributed by atoms with Crippen molar-refractivity contribution in [1.29, 1.82) is 0 Å². The number of esters is 1. The molecule has 0 aromatic rings. The summed E-state index contributed by atoms with van der Waals surface area (Å²) in [6.07, 6.45) is 8.40. The second kappa shape index (κ2) is 9.50. The maximum atomic E-state index is 11.6. The minimum absolute atomic E-state index is 0.0194. The minimum Gasteiger partial charge on any atom is -0.461 e. The van der Waals surface area contributed by atoms with Crippen molar-refractivity contribution < 1.29 is 9.53 Å². The predicted octanol–water partition coefficient (Wildman–Crippen LogP) is 3.49. The molecule has 2 heteroatoms. The monoisotopic (exact) mass is 210 g/mol. The van der Waals surface area contributed by atoms with Gasteiger partial charge in [0.15, 0.2) is 0 Å². The van der Waals surface area contributed by atoms with Crippen LogP contribution in [-0.2, 0) is 9.53 Å². The first-order valence-electron chi connectivity index (χ1n) is 5.64. The van der Waals surface area contributed by atoms with Gasteiger partial charge in [-0.1, -0.05) is 44.9 Å². The van der Waals surface area contributed by atoms with Crippen LogP contribution in [0.1, 0.15) is 39.0 Å². The Labute approximate surface area is 93.0 Å². The molecule has 0 rings (SSSR count). The molecule has 1 unspecified atom stereocenters. The van der Waals surface area contributed by atoms with E-state index in [9.17, 15) is 4.79 Å². The summed E-state index contributed by atoms with van der Waals surface area (Å²) in [5.74, 6) is -0.139. The quantitative estimate of drug-likeness (QED) is 0.331. The van der Waals surface area contributed by atoms with E-state index in [1.807, 2.05) is 0 Å². The first kappa shape index (κ1) is 13.9. The van der Waals surface area contributed by atoms with Crippen molar-refractivity contribution in [1.82, 2.24) is 0 Å². The van der Waals surface area contributed by atoms with Crippen LogP contribution in [0.4, 0.5) is 0 Å². The molecule has 0 aliphatic carbocycles. The van der Waals surface area contributed by atoms with E-state index in [4.69, 9.17) is 4.74 Å². The molecule has 86 valence electrons. The number of allylic oxidation sites excluding steroid dienone is 1. The van der Waals surface area contributed by atoms with Gasteiger partial charge in [0.1, 0.15) is 6.61 Å². The van der Waals surface area contributed by atoms with Crippen LogP contribution in [-0.4, -0.2) is 12.6 Å². The Balaban J connectivity index is 3.93. The number of rotatable bonds is 9. The SMILES string of the molecule is C=CCOC(=O)C(CC=C)CCCCC. The number of hydrogen-bond acceptors (Lipinski definition) is 2. The van der Waals surface area contributed by atoms with E-state index in [2.05, 4.69) is 20.1 Å². The highest BCUT2D eigenvalue weighted by Crippen LogP contribution is 2.16. The van der Waals surface area contributed by atoms with Gasteiger partial charge in [0.05, 0.1) is 5.92 Å². The third-order valence-corrected chi connectivity index (χ3v) is 2.28. The number of unbranched alkanes of at least 4 members (excludes halogenated alkanes) is 2. The van der Waals surface area contributed by atoms with Gasteiger partial charge in [0, 0.05) is 0 Å². The molecule has 0 saturated carbocycles. The van der Waals surface area contributed by atoms with Crippen LogP contribution in [0, 0.1) is 5.92 Å². The first-order chi connectivity index (χ1) is 7.26. The molecule has 0 heterocycles. The Morgan fingerprint density at radius 3 is 2.60 bits per heavy atom. The molecule has 2 nitrogen and oxygen atoms in total. The zero-order chi connectivity index (χ0) is 11.5. The average Bonchev–Trinajstić information content (AvgIpc) is 2.25. The van der Waals surface area contributed by atoms with Crippen molar-refractivity contribution >= 4 is 5.97 Å². The van der Waals surface area contributed by atoms with Gasteiger partial charge in [0.25, 0.3) is 0 Å². The summed E-state index contributed by atoms with van der Waals surface area (Å²) in [6.45, 7) is 9.64. The fourth-order valence-electron chi connectivity index (χ4n) is 1.43. The normalized spacial score (nSPS) is 11.8. The van der Waals surface area contributed by atoms with Crippen LogP contribution >= 0.6 is 0 Å². The van der Waals surface area contributed by atoms with E-state index < -0.39 is 0 Å². The van der Waals surface area contributed by atoms with Crippen LogP contribution in [0.2, 0.25) is 0 Å². The number of ether oxygens (including phenoxy) is 1. The van der Waals surface area contributed by atoms with Crippen LogP contribution in [0.3, 0.4) is 0 Å². The Bertz CT molecular complexity index is 197. The van der Waals surface area contributed by atoms with E-state index in [1.54, 1.807) is 12.2 Å². The highest BCUT2D eigenvalue weighted by atomic mass is 16.5. The third-order valence-electron chi connectivity index (χ3n) is 2.28. The smallest absolute Gasteiger partial charge is 0.309 e. The zero-order valence-corrected chi connectivity index (χ0v) is 9.71. The second-order valence-corrected chi connectivity index (χ2v) is 3.64. The molecule has 0 saturated heterocycles. The lowest BCUT2D eigenvalue weighted by atomic mass is 9.98. The molecule has 0 amide bonds. The van der Waals surface area contributed by atoms with Crippen LogP contribution in [0.25, 0.3) is 0 Å². The Hall–Kier alpha value is -1.05. The van der Waals surface area contributed by atoms with Crippen molar-refractivity contribution in [2.75, 3.05) is 6.61 Å². The topological polar surface area (TPSA) is 26.3 Å². The summed E-state index contributed by atoms with van der Waals surface area (Å²) in [4.78, 5) is 11.6. The third kappa shape index (κ3) is 6.95. The summed E-state index contributed by atoms with van der Waals surface area (Å²) in [7, 11) is 0. The number of carbonyl (C=O) groups is 1. The van der Waals surface area contributed by atoms with Crippen LogP contribution in [0.15, 0.2) is 25.3 Å². The highest BCUT2D eigenvalue weighted by Gasteiger charge is 2.17. The molecule has 0 aromatic carbocycles. The molecule has 0 aliphatic heterocycles. The van der Waals surface area contributed by atoms with Gasteiger partial charge in [-0.15, -0.1) is 6.58 Å². The Kier molecular flexibility index (Phi) is 8.84. The summed E-state index contributed by atoms with van der Waals surface area (Å²) < 4.78 is 5.03. The maximum Gasteiger partial charge on any atom is 0.309 e. The fraction of sp³-hybridized carbons (Fsp3) is 0.615. The molecular formula is C13H22O2. The van der Waals surface area contributed by atoms with E-state index in [0.717, 1.165) is 12.8 Å². The lowest BCUT2D eigenvalue weighted by Gasteiger charge is -2.13. The number of carbonyl (C=O) groups excluding carboxylic acids is 1. The van der Waals surface area contributed by atoms with E-state index in [1.165, 1.54) is 12.8 Å². The van der Waals surface area contributed by atoms with E-state index >= 15 is 0 Å². The summed E-state index contributed by atoms with van der Waals surface area (Å²) >= 11 is 0. The van der Waals surface area contributed by atoms with Crippen molar-refractivity contribution in [3.63, 3.8) is 0 Å². The first-order valence-corrected chi connectivity index (χ1v) is 5.64. The van der Waals surface area contributed by atoms with Crippen LogP contribution in [0.5, 0.6) is 0 Å². The molecule has 0 bridgehead atoms. The van der Waals surface area contributed by atoms with Gasteiger partial charge in [-0.3, -0.25) is 4.79 Å². The average molecular weight is 210 g/mol. The van der Waals surface area contributed by atoms with E-state index in [-0.39, 0.29) is 11.9 Å². The standard InChI is InChI=1S/C13H22O2/c1-4-7-8-10-12(9-5-2)13(14)15-11-6-3/h5-6,12H,2-4,7-11H2,1H3.